The summed E-state index contributed by atoms with van der Waals surface area (Å²) in [5.74, 6) is 0.533. The monoisotopic (exact) mass is 211 g/mol. The number of nitrogens with one attached hydrogen (secondary N) is 1. The molecular formula is C11H14ClNO. The fourth-order valence-corrected chi connectivity index (χ4v) is 2.21. The second-order valence-corrected chi connectivity index (χ2v) is 4.14. The lowest BCUT2D eigenvalue weighted by molar-refractivity contribution is 0.258. The van der Waals surface area contributed by atoms with Crippen LogP contribution < -0.4 is 5.32 Å². The molecule has 2 N–H and O–H groups in total. The van der Waals surface area contributed by atoms with E-state index in [2.05, 4.69) is 11.4 Å². The maximum Gasteiger partial charge on any atom is 0.0640 e. The fraction of sp³-hybridized carbons (Fsp3) is 0.455. The van der Waals surface area contributed by atoms with Gasteiger partial charge in [-0.25, -0.2) is 0 Å². The van der Waals surface area contributed by atoms with Crippen LogP contribution >= 0.6 is 11.6 Å². The SMILES string of the molecule is OCCC1CNc2c(Cl)cccc2C1. The van der Waals surface area contributed by atoms with Crippen molar-refractivity contribution in [1.82, 2.24) is 0 Å². The summed E-state index contributed by atoms with van der Waals surface area (Å²) in [5, 5.41) is 13.0. The Labute approximate surface area is 88.9 Å². The van der Waals surface area contributed by atoms with Crippen LogP contribution in [0.1, 0.15) is 12.0 Å². The smallest absolute Gasteiger partial charge is 0.0640 e. The van der Waals surface area contributed by atoms with E-state index in [-0.39, 0.29) is 6.61 Å². The predicted molar refractivity (Wildman–Crippen MR) is 58.8 cm³/mol. The van der Waals surface area contributed by atoms with Crippen LogP contribution in [0.4, 0.5) is 5.69 Å². The molecule has 0 saturated heterocycles. The van der Waals surface area contributed by atoms with Crippen LogP contribution in [-0.2, 0) is 6.42 Å². The average Bonchev–Trinajstić information content (AvgIpc) is 2.18. The Morgan fingerprint density at radius 1 is 1.50 bits per heavy atom. The first-order valence-corrected chi connectivity index (χ1v) is 5.31. The molecule has 1 atom stereocenters. The topological polar surface area (TPSA) is 32.3 Å². The normalized spacial score (nSPS) is 20.0. The molecule has 76 valence electrons. The zero-order valence-electron chi connectivity index (χ0n) is 7.96. The third-order valence-electron chi connectivity index (χ3n) is 2.71. The third-order valence-corrected chi connectivity index (χ3v) is 3.03. The maximum atomic E-state index is 8.87. The summed E-state index contributed by atoms with van der Waals surface area (Å²) in [5.41, 5.74) is 2.34. The van der Waals surface area contributed by atoms with Crippen molar-refractivity contribution in [3.05, 3.63) is 28.8 Å². The van der Waals surface area contributed by atoms with E-state index >= 15 is 0 Å². The van der Waals surface area contributed by atoms with Crippen molar-refractivity contribution in [2.24, 2.45) is 5.92 Å². The van der Waals surface area contributed by atoms with Crippen LogP contribution in [0.2, 0.25) is 5.02 Å². The van der Waals surface area contributed by atoms with E-state index in [1.54, 1.807) is 0 Å². The highest BCUT2D eigenvalue weighted by Gasteiger charge is 2.18. The molecule has 1 aromatic carbocycles. The quantitative estimate of drug-likeness (QED) is 0.787. The molecule has 1 aliphatic heterocycles. The Morgan fingerprint density at radius 3 is 3.14 bits per heavy atom. The average molecular weight is 212 g/mol. The number of para-hydroxylation sites is 1. The lowest BCUT2D eigenvalue weighted by Crippen LogP contribution is -2.24. The molecule has 1 aromatic rings. The summed E-state index contributed by atoms with van der Waals surface area (Å²) < 4.78 is 0. The van der Waals surface area contributed by atoms with E-state index in [1.165, 1.54) is 5.56 Å². The molecule has 0 saturated carbocycles. The summed E-state index contributed by atoms with van der Waals surface area (Å²) in [6.45, 7) is 1.18. The van der Waals surface area contributed by atoms with Gasteiger partial charge in [-0.15, -0.1) is 0 Å². The van der Waals surface area contributed by atoms with Gasteiger partial charge in [0, 0.05) is 13.2 Å². The Balaban J connectivity index is 2.18. The second-order valence-electron chi connectivity index (χ2n) is 3.74. The first kappa shape index (κ1) is 9.81. The fourth-order valence-electron chi connectivity index (χ4n) is 1.95. The summed E-state index contributed by atoms with van der Waals surface area (Å²) in [4.78, 5) is 0. The number of hydrogen-bond acceptors (Lipinski definition) is 2. The summed E-state index contributed by atoms with van der Waals surface area (Å²) >= 11 is 6.06. The van der Waals surface area contributed by atoms with Gasteiger partial charge in [0.15, 0.2) is 0 Å². The van der Waals surface area contributed by atoms with Crippen LogP contribution in [0.3, 0.4) is 0 Å². The van der Waals surface area contributed by atoms with Crippen molar-refractivity contribution in [3.8, 4) is 0 Å². The molecule has 0 aromatic heterocycles. The van der Waals surface area contributed by atoms with E-state index in [1.807, 2.05) is 12.1 Å². The number of fused-ring (bicyclic) bond motifs is 1. The molecular weight excluding hydrogens is 198 g/mol. The summed E-state index contributed by atoms with van der Waals surface area (Å²) in [6.07, 6.45) is 1.88. The number of rotatable bonds is 2. The molecule has 0 bridgehead atoms. The molecule has 0 spiro atoms. The lowest BCUT2D eigenvalue weighted by atomic mass is 9.92. The highest BCUT2D eigenvalue weighted by atomic mass is 35.5. The van der Waals surface area contributed by atoms with E-state index in [4.69, 9.17) is 16.7 Å². The molecule has 0 aliphatic carbocycles. The van der Waals surface area contributed by atoms with E-state index in [0.29, 0.717) is 5.92 Å². The van der Waals surface area contributed by atoms with Crippen molar-refractivity contribution < 1.29 is 5.11 Å². The zero-order valence-corrected chi connectivity index (χ0v) is 8.72. The van der Waals surface area contributed by atoms with Gasteiger partial charge in [0.1, 0.15) is 0 Å². The van der Waals surface area contributed by atoms with Gasteiger partial charge in [-0.2, -0.15) is 0 Å². The van der Waals surface area contributed by atoms with Gasteiger partial charge in [-0.3, -0.25) is 0 Å². The minimum absolute atomic E-state index is 0.266. The highest BCUT2D eigenvalue weighted by molar-refractivity contribution is 6.33. The number of aliphatic hydroxyl groups excluding tert-OH is 1. The number of benzene rings is 1. The molecule has 3 heteroatoms. The van der Waals surface area contributed by atoms with Crippen LogP contribution in [-0.4, -0.2) is 18.3 Å². The molecule has 2 nitrogen and oxygen atoms in total. The van der Waals surface area contributed by atoms with Gasteiger partial charge in [0.2, 0.25) is 0 Å². The standard InChI is InChI=1S/C11H14ClNO/c12-10-3-1-2-9-6-8(4-5-14)7-13-11(9)10/h1-3,8,13-14H,4-7H2. The second kappa shape index (κ2) is 4.20. The summed E-state index contributed by atoms with van der Waals surface area (Å²) in [6, 6.07) is 5.97. The molecule has 14 heavy (non-hydrogen) atoms. The molecule has 2 rings (SSSR count). The van der Waals surface area contributed by atoms with Crippen molar-refractivity contribution in [3.63, 3.8) is 0 Å². The molecule has 1 unspecified atom stereocenters. The molecule has 1 aliphatic rings. The molecule has 0 amide bonds. The lowest BCUT2D eigenvalue weighted by Gasteiger charge is -2.26. The number of hydrogen-bond donors (Lipinski definition) is 2. The van der Waals surface area contributed by atoms with Gasteiger partial charge < -0.3 is 10.4 Å². The Hall–Kier alpha value is -0.730. The van der Waals surface area contributed by atoms with Gasteiger partial charge in [0.25, 0.3) is 0 Å². The molecule has 0 radical (unpaired) electrons. The Bertz CT molecular complexity index is 327. The van der Waals surface area contributed by atoms with Crippen LogP contribution in [0, 0.1) is 5.92 Å². The van der Waals surface area contributed by atoms with E-state index in [0.717, 1.165) is 30.1 Å². The Morgan fingerprint density at radius 2 is 2.36 bits per heavy atom. The van der Waals surface area contributed by atoms with Crippen molar-refractivity contribution >= 4 is 17.3 Å². The van der Waals surface area contributed by atoms with Gasteiger partial charge in [-0.05, 0) is 30.4 Å². The van der Waals surface area contributed by atoms with E-state index in [9.17, 15) is 0 Å². The predicted octanol–water partition coefficient (Wildman–Crippen LogP) is 2.31. The highest BCUT2D eigenvalue weighted by Crippen LogP contribution is 2.32. The van der Waals surface area contributed by atoms with Gasteiger partial charge >= 0.3 is 0 Å². The summed E-state index contributed by atoms with van der Waals surface area (Å²) in [7, 11) is 0. The van der Waals surface area contributed by atoms with Crippen LogP contribution in [0.25, 0.3) is 0 Å². The maximum absolute atomic E-state index is 8.87. The molecule has 0 fully saturated rings. The minimum atomic E-state index is 0.266. The number of anilines is 1. The van der Waals surface area contributed by atoms with E-state index < -0.39 is 0 Å². The number of aliphatic hydroxyl groups is 1. The van der Waals surface area contributed by atoms with Gasteiger partial charge in [-0.1, -0.05) is 23.7 Å². The molecule has 1 heterocycles. The Kier molecular flexibility index (Phi) is 2.94. The third kappa shape index (κ3) is 1.86. The van der Waals surface area contributed by atoms with Crippen molar-refractivity contribution in [2.75, 3.05) is 18.5 Å². The zero-order chi connectivity index (χ0) is 9.97. The van der Waals surface area contributed by atoms with Gasteiger partial charge in [0.05, 0.1) is 10.7 Å². The van der Waals surface area contributed by atoms with Crippen LogP contribution in [0.15, 0.2) is 18.2 Å². The van der Waals surface area contributed by atoms with Crippen molar-refractivity contribution in [2.45, 2.75) is 12.8 Å². The minimum Gasteiger partial charge on any atom is -0.396 e. The first-order valence-electron chi connectivity index (χ1n) is 4.93. The first-order chi connectivity index (χ1) is 6.81. The van der Waals surface area contributed by atoms with Crippen molar-refractivity contribution in [1.29, 1.82) is 0 Å². The largest absolute Gasteiger partial charge is 0.396 e. The van der Waals surface area contributed by atoms with Crippen LogP contribution in [0.5, 0.6) is 0 Å². The number of halogens is 1.